The Morgan fingerprint density at radius 3 is 2.66 bits per heavy atom. The molecule has 0 aliphatic rings. The zero-order valence-electron chi connectivity index (χ0n) is 18.8. The summed E-state index contributed by atoms with van der Waals surface area (Å²) < 4.78 is 6.73. The Labute approximate surface area is 186 Å². The van der Waals surface area contributed by atoms with Crippen LogP contribution in [0.25, 0.3) is 0 Å². The predicted molar refractivity (Wildman–Crippen MR) is 125 cm³/mol. The summed E-state index contributed by atoms with van der Waals surface area (Å²) in [4.78, 5) is 42.0. The third-order valence-corrected chi connectivity index (χ3v) is 5.52. The van der Waals surface area contributed by atoms with E-state index in [4.69, 9.17) is 10.2 Å². The highest BCUT2D eigenvalue weighted by atomic mass is 16.3. The lowest BCUT2D eigenvalue weighted by molar-refractivity contribution is -0.118. The van der Waals surface area contributed by atoms with E-state index in [-0.39, 0.29) is 30.4 Å². The molecular formula is C24H30N4O4. The van der Waals surface area contributed by atoms with E-state index in [1.165, 1.54) is 15.7 Å². The molecule has 0 aliphatic carbocycles. The Kier molecular flexibility index (Phi) is 7.35. The van der Waals surface area contributed by atoms with Crippen LogP contribution in [0, 0.1) is 13.8 Å². The maximum absolute atomic E-state index is 13.3. The zero-order chi connectivity index (χ0) is 23.3. The summed E-state index contributed by atoms with van der Waals surface area (Å²) in [5, 5.41) is 0. The van der Waals surface area contributed by atoms with Crippen molar-refractivity contribution in [2.45, 2.75) is 59.5 Å². The maximum atomic E-state index is 13.3. The molecule has 0 saturated carbocycles. The van der Waals surface area contributed by atoms with Crippen molar-refractivity contribution in [1.29, 1.82) is 0 Å². The van der Waals surface area contributed by atoms with Gasteiger partial charge in [0, 0.05) is 13.0 Å². The van der Waals surface area contributed by atoms with Gasteiger partial charge in [0.25, 0.3) is 5.56 Å². The van der Waals surface area contributed by atoms with Crippen LogP contribution in [0.1, 0.15) is 48.6 Å². The number of furan rings is 1. The fourth-order valence-electron chi connectivity index (χ4n) is 3.73. The van der Waals surface area contributed by atoms with Crippen molar-refractivity contribution in [2.24, 2.45) is 0 Å². The first-order valence-corrected chi connectivity index (χ1v) is 10.8. The van der Waals surface area contributed by atoms with Crippen LogP contribution in [0.5, 0.6) is 0 Å². The first-order valence-electron chi connectivity index (χ1n) is 10.8. The molecule has 0 spiro atoms. The number of carbonyl (C=O) groups is 1. The van der Waals surface area contributed by atoms with Crippen LogP contribution in [-0.2, 0) is 24.3 Å². The molecule has 8 heteroatoms. The van der Waals surface area contributed by atoms with Gasteiger partial charge in [-0.3, -0.25) is 24.0 Å². The second-order valence-corrected chi connectivity index (χ2v) is 7.99. The number of unbranched alkanes of at least 4 members (excludes halogenated alkanes) is 1. The third-order valence-electron chi connectivity index (χ3n) is 5.52. The number of benzene rings is 1. The van der Waals surface area contributed by atoms with E-state index < -0.39 is 11.2 Å². The van der Waals surface area contributed by atoms with Gasteiger partial charge in [-0.25, -0.2) is 4.79 Å². The highest BCUT2D eigenvalue weighted by molar-refractivity contribution is 5.95. The number of rotatable bonds is 9. The second kappa shape index (κ2) is 10.2. The van der Waals surface area contributed by atoms with Crippen molar-refractivity contribution in [2.75, 3.05) is 10.6 Å². The minimum Gasteiger partial charge on any atom is -0.467 e. The molecule has 2 heterocycles. The van der Waals surface area contributed by atoms with Gasteiger partial charge >= 0.3 is 5.69 Å². The summed E-state index contributed by atoms with van der Waals surface area (Å²) in [6, 6.07) is 9.54. The largest absolute Gasteiger partial charge is 0.467 e. The molecule has 8 nitrogen and oxygen atoms in total. The van der Waals surface area contributed by atoms with Gasteiger partial charge in [-0.2, -0.15) is 0 Å². The molecule has 0 atom stereocenters. The minimum absolute atomic E-state index is 0.0152. The van der Waals surface area contributed by atoms with Crippen molar-refractivity contribution in [3.8, 4) is 0 Å². The van der Waals surface area contributed by atoms with Crippen LogP contribution in [0.2, 0.25) is 0 Å². The van der Waals surface area contributed by atoms with Crippen molar-refractivity contribution >= 4 is 17.4 Å². The Morgan fingerprint density at radius 1 is 1.22 bits per heavy atom. The number of anilines is 2. The zero-order valence-corrected chi connectivity index (χ0v) is 18.8. The van der Waals surface area contributed by atoms with E-state index in [0.29, 0.717) is 25.1 Å². The second-order valence-electron chi connectivity index (χ2n) is 7.99. The van der Waals surface area contributed by atoms with Gasteiger partial charge in [0.2, 0.25) is 5.91 Å². The van der Waals surface area contributed by atoms with Gasteiger partial charge in [-0.15, -0.1) is 0 Å². The maximum Gasteiger partial charge on any atom is 0.330 e. The molecule has 170 valence electrons. The van der Waals surface area contributed by atoms with Gasteiger partial charge in [0.15, 0.2) is 5.69 Å². The van der Waals surface area contributed by atoms with Crippen molar-refractivity contribution in [1.82, 2.24) is 9.55 Å². The van der Waals surface area contributed by atoms with Gasteiger partial charge in [0.1, 0.15) is 11.6 Å². The summed E-state index contributed by atoms with van der Waals surface area (Å²) in [6.45, 7) is 6.43. The lowest BCUT2D eigenvalue weighted by atomic mass is 10.0. The van der Waals surface area contributed by atoms with Crippen molar-refractivity contribution < 1.29 is 9.21 Å². The molecule has 0 fully saturated rings. The molecule has 1 aromatic carbocycles. The standard InChI is InChI=1S/C24H30N4O4/c1-4-5-12-27-22(25)21(23(30)26-24(27)31)28(15-19-7-6-13-32-19)20(29)11-10-18-9-8-16(2)14-17(18)3/h6-9,13-14H,4-5,10-12,15,25H2,1-3H3,(H,26,30,31). The molecule has 0 radical (unpaired) electrons. The SMILES string of the molecule is CCCCn1c(N)c(N(Cc2ccco2)C(=O)CCc2ccc(C)cc2C)c(=O)[nH]c1=O. The molecule has 32 heavy (non-hydrogen) atoms. The molecule has 3 N–H and O–H groups in total. The quantitative estimate of drug-likeness (QED) is 0.532. The summed E-state index contributed by atoms with van der Waals surface area (Å²) in [5.74, 6) is 0.216. The topological polar surface area (TPSA) is 114 Å². The normalized spacial score (nSPS) is 11.0. The molecule has 0 saturated heterocycles. The highest BCUT2D eigenvalue weighted by Crippen LogP contribution is 2.22. The van der Waals surface area contributed by atoms with Crippen LogP contribution in [-0.4, -0.2) is 15.5 Å². The summed E-state index contributed by atoms with van der Waals surface area (Å²) >= 11 is 0. The number of H-pyrrole nitrogens is 1. The fourth-order valence-corrected chi connectivity index (χ4v) is 3.73. The summed E-state index contributed by atoms with van der Waals surface area (Å²) in [6.07, 6.45) is 3.77. The number of nitrogens with two attached hydrogens (primary N) is 1. The first-order chi connectivity index (χ1) is 15.3. The lowest BCUT2D eigenvalue weighted by Crippen LogP contribution is -2.41. The molecule has 3 aromatic rings. The van der Waals surface area contributed by atoms with Gasteiger partial charge in [-0.1, -0.05) is 37.1 Å². The van der Waals surface area contributed by atoms with E-state index >= 15 is 0 Å². The third kappa shape index (κ3) is 5.19. The van der Waals surface area contributed by atoms with Crippen molar-refractivity contribution in [3.05, 3.63) is 79.9 Å². The van der Waals surface area contributed by atoms with Gasteiger partial charge in [-0.05, 0) is 49.9 Å². The van der Waals surface area contributed by atoms with Crippen molar-refractivity contribution in [3.63, 3.8) is 0 Å². The predicted octanol–water partition coefficient (Wildman–Crippen LogP) is 3.29. The number of hydrogen-bond donors (Lipinski definition) is 2. The summed E-state index contributed by atoms with van der Waals surface area (Å²) in [7, 11) is 0. The van der Waals surface area contributed by atoms with E-state index in [2.05, 4.69) is 11.1 Å². The Hall–Kier alpha value is -3.55. The number of carbonyl (C=O) groups excluding carboxylic acids is 1. The van der Waals surface area contributed by atoms with Crippen LogP contribution in [0.4, 0.5) is 11.5 Å². The molecular weight excluding hydrogens is 408 g/mol. The molecule has 0 unspecified atom stereocenters. The number of aromatic amines is 1. The fraction of sp³-hybridized carbons (Fsp3) is 0.375. The van der Waals surface area contributed by atoms with Crippen LogP contribution < -0.4 is 21.9 Å². The van der Waals surface area contributed by atoms with E-state index in [0.717, 1.165) is 23.1 Å². The number of nitrogens with one attached hydrogen (secondary N) is 1. The molecule has 0 aliphatic heterocycles. The van der Waals surface area contributed by atoms with E-state index in [9.17, 15) is 14.4 Å². The minimum atomic E-state index is -0.688. The number of aryl methyl sites for hydroxylation is 3. The Morgan fingerprint density at radius 2 is 2.00 bits per heavy atom. The lowest BCUT2D eigenvalue weighted by Gasteiger charge is -2.24. The first kappa shape index (κ1) is 23.1. The summed E-state index contributed by atoms with van der Waals surface area (Å²) in [5.41, 5.74) is 8.30. The number of aromatic nitrogens is 2. The average molecular weight is 439 g/mol. The highest BCUT2D eigenvalue weighted by Gasteiger charge is 2.25. The Balaban J connectivity index is 1.96. The molecule has 0 bridgehead atoms. The molecule has 2 aromatic heterocycles. The van der Waals surface area contributed by atoms with Crippen LogP contribution in [0.15, 0.2) is 50.6 Å². The molecule has 3 rings (SSSR count). The number of nitrogen functional groups attached to an aromatic ring is 1. The van der Waals surface area contributed by atoms with Gasteiger partial charge in [0.05, 0.1) is 12.8 Å². The number of amides is 1. The van der Waals surface area contributed by atoms with Gasteiger partial charge < -0.3 is 10.2 Å². The monoisotopic (exact) mass is 438 g/mol. The number of hydrogen-bond acceptors (Lipinski definition) is 5. The van der Waals surface area contributed by atoms with E-state index in [1.807, 2.05) is 32.9 Å². The average Bonchev–Trinajstić information content (AvgIpc) is 3.25. The van der Waals surface area contributed by atoms with E-state index in [1.54, 1.807) is 12.1 Å². The Bertz CT molecular complexity index is 1190. The van der Waals surface area contributed by atoms with Crippen LogP contribution >= 0.6 is 0 Å². The number of nitrogens with zero attached hydrogens (tertiary/aromatic N) is 2. The van der Waals surface area contributed by atoms with Crippen LogP contribution in [0.3, 0.4) is 0 Å². The molecule has 1 amide bonds. The smallest absolute Gasteiger partial charge is 0.330 e.